The summed E-state index contributed by atoms with van der Waals surface area (Å²) in [5, 5.41) is 3.18. The number of halogens is 1. The molecule has 1 saturated carbocycles. The lowest BCUT2D eigenvalue weighted by Crippen LogP contribution is -2.55. The van der Waals surface area contributed by atoms with Gasteiger partial charge in [0, 0.05) is 6.54 Å². The molecule has 0 aromatic rings. The van der Waals surface area contributed by atoms with Crippen molar-refractivity contribution in [1.29, 1.82) is 0 Å². The van der Waals surface area contributed by atoms with E-state index in [1.165, 1.54) is 25.7 Å². The van der Waals surface area contributed by atoms with E-state index in [0.717, 1.165) is 5.75 Å². The Hall–Kier alpha value is 0.0700. The third kappa shape index (κ3) is 5.37. The maximum absolute atomic E-state index is 12.1. The molecule has 0 heterocycles. The zero-order valence-corrected chi connectivity index (χ0v) is 13.3. The van der Waals surface area contributed by atoms with Crippen LogP contribution in [0.5, 0.6) is 0 Å². The Labute approximate surface area is 121 Å². The maximum Gasteiger partial charge on any atom is 0.233 e. The first kappa shape index (κ1) is 18.1. The lowest BCUT2D eigenvalue weighted by Gasteiger charge is -2.30. The summed E-state index contributed by atoms with van der Waals surface area (Å²) in [5.41, 5.74) is 5.61. The van der Waals surface area contributed by atoms with Crippen LogP contribution in [0.4, 0.5) is 0 Å². The number of thioether (sulfide) groups is 1. The van der Waals surface area contributed by atoms with Crippen molar-refractivity contribution in [2.75, 3.05) is 12.3 Å². The number of hydrogen-bond donors (Lipinski definition) is 2. The molecule has 5 heteroatoms. The molecule has 108 valence electrons. The fourth-order valence-electron chi connectivity index (χ4n) is 1.90. The van der Waals surface area contributed by atoms with Crippen molar-refractivity contribution in [2.24, 2.45) is 11.7 Å². The number of carbonyl (C=O) groups is 1. The van der Waals surface area contributed by atoms with Gasteiger partial charge in [-0.3, -0.25) is 4.79 Å². The molecule has 3 nitrogen and oxygen atoms in total. The molecule has 0 aliphatic heterocycles. The molecular formula is C13H27ClN2OS. The Morgan fingerprint density at radius 3 is 2.61 bits per heavy atom. The van der Waals surface area contributed by atoms with E-state index in [-0.39, 0.29) is 29.1 Å². The number of amides is 1. The number of hydrogen-bond acceptors (Lipinski definition) is 3. The molecule has 0 bridgehead atoms. The lowest BCUT2D eigenvalue weighted by molar-refractivity contribution is -0.122. The molecule has 1 rings (SSSR count). The standard InChI is InChI=1S/C13H26N2OS.ClH/c1-4-5-8-17-10(2)12(16)15-13(3,9-14)11-6-7-11;/h10-11H,4-9,14H2,1-3H3,(H,15,16);1H. The highest BCUT2D eigenvalue weighted by atomic mass is 35.5. The molecule has 1 amide bonds. The van der Waals surface area contributed by atoms with Crippen molar-refractivity contribution in [3.8, 4) is 0 Å². The molecule has 1 fully saturated rings. The van der Waals surface area contributed by atoms with Crippen LogP contribution in [-0.2, 0) is 4.79 Å². The van der Waals surface area contributed by atoms with Gasteiger partial charge in [0.25, 0.3) is 0 Å². The maximum atomic E-state index is 12.1. The Bertz CT molecular complexity index is 261. The van der Waals surface area contributed by atoms with E-state index in [1.807, 2.05) is 6.92 Å². The van der Waals surface area contributed by atoms with E-state index in [2.05, 4.69) is 19.2 Å². The van der Waals surface area contributed by atoms with Gasteiger partial charge in [-0.25, -0.2) is 0 Å². The van der Waals surface area contributed by atoms with Crippen LogP contribution in [0.15, 0.2) is 0 Å². The van der Waals surface area contributed by atoms with E-state index in [1.54, 1.807) is 11.8 Å². The summed E-state index contributed by atoms with van der Waals surface area (Å²) in [6.07, 6.45) is 4.76. The van der Waals surface area contributed by atoms with Crippen LogP contribution in [0.2, 0.25) is 0 Å². The van der Waals surface area contributed by atoms with E-state index in [0.29, 0.717) is 12.5 Å². The molecule has 1 aliphatic rings. The van der Waals surface area contributed by atoms with Crippen molar-refractivity contribution >= 4 is 30.1 Å². The number of unbranched alkanes of at least 4 members (excludes halogenated alkanes) is 1. The fraction of sp³-hybridized carbons (Fsp3) is 0.923. The van der Waals surface area contributed by atoms with Crippen molar-refractivity contribution in [1.82, 2.24) is 5.32 Å². The van der Waals surface area contributed by atoms with Gasteiger partial charge in [-0.15, -0.1) is 24.2 Å². The van der Waals surface area contributed by atoms with Crippen molar-refractivity contribution in [2.45, 2.75) is 57.2 Å². The predicted octanol–water partition coefficient (Wildman–Crippen LogP) is 2.57. The fourth-order valence-corrected chi connectivity index (χ4v) is 2.92. The Kier molecular flexibility index (Phi) is 8.31. The quantitative estimate of drug-likeness (QED) is 0.677. The Morgan fingerprint density at radius 1 is 1.56 bits per heavy atom. The van der Waals surface area contributed by atoms with Gasteiger partial charge in [-0.05, 0) is 44.8 Å². The van der Waals surface area contributed by atoms with Crippen LogP contribution in [0.25, 0.3) is 0 Å². The van der Waals surface area contributed by atoms with Gasteiger partial charge in [-0.1, -0.05) is 13.3 Å². The molecule has 1 aliphatic carbocycles. The van der Waals surface area contributed by atoms with Gasteiger partial charge in [0.1, 0.15) is 0 Å². The molecule has 0 saturated heterocycles. The second-order valence-electron chi connectivity index (χ2n) is 5.25. The van der Waals surface area contributed by atoms with E-state index in [4.69, 9.17) is 5.73 Å². The molecule has 2 unspecified atom stereocenters. The molecule has 18 heavy (non-hydrogen) atoms. The van der Waals surface area contributed by atoms with Crippen LogP contribution < -0.4 is 11.1 Å². The van der Waals surface area contributed by atoms with Gasteiger partial charge in [0.2, 0.25) is 5.91 Å². The smallest absolute Gasteiger partial charge is 0.233 e. The van der Waals surface area contributed by atoms with E-state index >= 15 is 0 Å². The zero-order chi connectivity index (χ0) is 12.9. The third-order valence-corrected chi connectivity index (χ3v) is 4.78. The normalized spacial score (nSPS) is 19.6. The molecule has 2 atom stereocenters. The first-order valence-electron chi connectivity index (χ1n) is 6.67. The highest BCUT2D eigenvalue weighted by Gasteiger charge is 2.41. The van der Waals surface area contributed by atoms with Gasteiger partial charge in [0.05, 0.1) is 10.8 Å². The first-order chi connectivity index (χ1) is 8.03. The predicted molar refractivity (Wildman–Crippen MR) is 82.4 cm³/mol. The third-order valence-electron chi connectivity index (χ3n) is 3.55. The van der Waals surface area contributed by atoms with Crippen molar-refractivity contribution in [3.63, 3.8) is 0 Å². The van der Waals surface area contributed by atoms with Crippen molar-refractivity contribution < 1.29 is 4.79 Å². The highest BCUT2D eigenvalue weighted by Crippen LogP contribution is 2.39. The number of nitrogens with two attached hydrogens (primary N) is 1. The summed E-state index contributed by atoms with van der Waals surface area (Å²) in [4.78, 5) is 12.1. The lowest BCUT2D eigenvalue weighted by atomic mass is 9.96. The van der Waals surface area contributed by atoms with E-state index < -0.39 is 0 Å². The van der Waals surface area contributed by atoms with E-state index in [9.17, 15) is 4.79 Å². The van der Waals surface area contributed by atoms with Crippen LogP contribution in [-0.4, -0.2) is 29.0 Å². The second-order valence-corrected chi connectivity index (χ2v) is 6.70. The number of carbonyl (C=O) groups excluding carboxylic acids is 1. The average molecular weight is 295 g/mol. The molecule has 3 N–H and O–H groups in total. The number of rotatable bonds is 8. The Morgan fingerprint density at radius 2 is 2.17 bits per heavy atom. The number of nitrogens with one attached hydrogen (secondary N) is 1. The minimum Gasteiger partial charge on any atom is -0.348 e. The monoisotopic (exact) mass is 294 g/mol. The molecule has 0 aromatic heterocycles. The summed E-state index contributed by atoms with van der Waals surface area (Å²) in [6, 6.07) is 0. The van der Waals surface area contributed by atoms with Gasteiger partial charge >= 0.3 is 0 Å². The van der Waals surface area contributed by atoms with Crippen molar-refractivity contribution in [3.05, 3.63) is 0 Å². The summed E-state index contributed by atoms with van der Waals surface area (Å²) < 4.78 is 0. The van der Waals surface area contributed by atoms with Gasteiger partial charge in [-0.2, -0.15) is 0 Å². The minimum absolute atomic E-state index is 0. The first-order valence-corrected chi connectivity index (χ1v) is 7.72. The van der Waals surface area contributed by atoms with Crippen LogP contribution in [0.3, 0.4) is 0 Å². The minimum atomic E-state index is -0.184. The Balaban J connectivity index is 0.00000289. The van der Waals surface area contributed by atoms with Gasteiger partial charge in [0.15, 0.2) is 0 Å². The second kappa shape index (κ2) is 8.28. The topological polar surface area (TPSA) is 55.1 Å². The van der Waals surface area contributed by atoms with Crippen LogP contribution in [0, 0.1) is 5.92 Å². The molecule has 0 aromatic carbocycles. The SMILES string of the molecule is CCCCSC(C)C(=O)NC(C)(CN)C1CC1.Cl. The molecular weight excluding hydrogens is 268 g/mol. The largest absolute Gasteiger partial charge is 0.348 e. The summed E-state index contributed by atoms with van der Waals surface area (Å²) in [7, 11) is 0. The van der Waals surface area contributed by atoms with Crippen LogP contribution in [0.1, 0.15) is 46.5 Å². The summed E-state index contributed by atoms with van der Waals surface area (Å²) >= 11 is 1.74. The summed E-state index contributed by atoms with van der Waals surface area (Å²) in [6.45, 7) is 6.77. The highest BCUT2D eigenvalue weighted by molar-refractivity contribution is 8.00. The zero-order valence-electron chi connectivity index (χ0n) is 11.7. The van der Waals surface area contributed by atoms with Gasteiger partial charge < -0.3 is 11.1 Å². The molecule has 0 spiro atoms. The average Bonchev–Trinajstić information content (AvgIpc) is 3.13. The van der Waals surface area contributed by atoms with Crippen LogP contribution >= 0.6 is 24.2 Å². The summed E-state index contributed by atoms with van der Waals surface area (Å²) in [5.74, 6) is 1.80. The molecule has 0 radical (unpaired) electrons.